The minimum absolute atomic E-state index is 0.726. The Balaban J connectivity index is 2.35. The Hall–Kier alpha value is -0.900. The minimum Gasteiger partial charge on any atom is -0.317 e. The van der Waals surface area contributed by atoms with Crippen molar-refractivity contribution in [2.75, 3.05) is 6.54 Å². The third kappa shape index (κ3) is 2.80. The van der Waals surface area contributed by atoms with Gasteiger partial charge >= 0.3 is 0 Å². The maximum Gasteiger partial charge on any atom is 0.146 e. The molecule has 1 heterocycles. The fraction of sp³-hybridized carbons (Fsp3) is 0.800. The van der Waals surface area contributed by atoms with E-state index in [9.17, 15) is 0 Å². The number of nitrogens with one attached hydrogen (secondary N) is 1. The molecule has 0 aromatic carbocycles. The Bertz CT molecular complexity index is 280. The lowest BCUT2D eigenvalue weighted by molar-refractivity contribution is 0.490. The van der Waals surface area contributed by atoms with Crippen LogP contribution >= 0.6 is 0 Å². The molecule has 1 atom stereocenters. The molecule has 4 nitrogen and oxygen atoms in total. The molecule has 1 rings (SSSR count). The number of aryl methyl sites for hydroxylation is 1. The molecule has 0 saturated heterocycles. The van der Waals surface area contributed by atoms with E-state index in [4.69, 9.17) is 0 Å². The smallest absolute Gasteiger partial charge is 0.146 e. The highest BCUT2D eigenvalue weighted by Crippen LogP contribution is 2.00. The number of hydrogen-bond acceptors (Lipinski definition) is 3. The molecule has 1 aromatic rings. The van der Waals surface area contributed by atoms with Crippen LogP contribution in [0, 0.1) is 12.8 Å². The van der Waals surface area contributed by atoms with Gasteiger partial charge in [0.2, 0.25) is 0 Å². The van der Waals surface area contributed by atoms with Crippen LogP contribution in [-0.2, 0) is 13.6 Å². The van der Waals surface area contributed by atoms with Crippen LogP contribution in [0.1, 0.15) is 31.9 Å². The Kier molecular flexibility index (Phi) is 4.07. The molecule has 0 bridgehead atoms. The second-order valence-corrected chi connectivity index (χ2v) is 3.87. The second-order valence-electron chi connectivity index (χ2n) is 3.87. The molecule has 1 N–H and O–H groups in total. The molecule has 1 aromatic heterocycles. The van der Waals surface area contributed by atoms with Crippen LogP contribution in [-0.4, -0.2) is 21.3 Å². The zero-order valence-electron chi connectivity index (χ0n) is 9.54. The molecule has 0 spiro atoms. The molecule has 0 aliphatic carbocycles. The maximum atomic E-state index is 4.09. The summed E-state index contributed by atoms with van der Waals surface area (Å²) in [7, 11) is 2.00. The maximum absolute atomic E-state index is 4.09. The van der Waals surface area contributed by atoms with Crippen molar-refractivity contribution in [2.45, 2.75) is 33.7 Å². The third-order valence-electron chi connectivity index (χ3n) is 2.66. The highest BCUT2D eigenvalue weighted by atomic mass is 15.3. The van der Waals surface area contributed by atoms with Gasteiger partial charge in [0.05, 0.1) is 6.54 Å². The number of nitrogens with zero attached hydrogens (tertiary/aromatic N) is 3. The van der Waals surface area contributed by atoms with Gasteiger partial charge in [-0.2, -0.15) is 0 Å². The van der Waals surface area contributed by atoms with Crippen molar-refractivity contribution in [3.8, 4) is 0 Å². The van der Waals surface area contributed by atoms with E-state index >= 15 is 0 Å². The SMILES string of the molecule is CCC(C)CNCc1nnc(C)n1C. The van der Waals surface area contributed by atoms with Crippen LogP contribution in [0.4, 0.5) is 0 Å². The van der Waals surface area contributed by atoms with Gasteiger partial charge in [-0.1, -0.05) is 20.3 Å². The van der Waals surface area contributed by atoms with Gasteiger partial charge in [0, 0.05) is 7.05 Å². The fourth-order valence-electron chi connectivity index (χ4n) is 1.18. The minimum atomic E-state index is 0.726. The first kappa shape index (κ1) is 11.2. The average Bonchev–Trinajstić information content (AvgIpc) is 2.49. The van der Waals surface area contributed by atoms with E-state index in [1.807, 2.05) is 18.5 Å². The van der Waals surface area contributed by atoms with Gasteiger partial charge < -0.3 is 9.88 Å². The highest BCUT2D eigenvalue weighted by molar-refractivity contribution is 4.91. The van der Waals surface area contributed by atoms with Crippen molar-refractivity contribution in [3.05, 3.63) is 11.6 Å². The second kappa shape index (κ2) is 5.10. The van der Waals surface area contributed by atoms with Gasteiger partial charge in [-0.3, -0.25) is 0 Å². The van der Waals surface area contributed by atoms with Gasteiger partial charge in [-0.15, -0.1) is 10.2 Å². The van der Waals surface area contributed by atoms with Crippen molar-refractivity contribution in [2.24, 2.45) is 13.0 Å². The van der Waals surface area contributed by atoms with Crippen molar-refractivity contribution < 1.29 is 0 Å². The van der Waals surface area contributed by atoms with Crippen molar-refractivity contribution in [1.29, 1.82) is 0 Å². The normalized spacial score (nSPS) is 13.1. The van der Waals surface area contributed by atoms with E-state index in [-0.39, 0.29) is 0 Å². The molecular weight excluding hydrogens is 176 g/mol. The highest BCUT2D eigenvalue weighted by Gasteiger charge is 2.04. The van der Waals surface area contributed by atoms with E-state index in [1.165, 1.54) is 6.42 Å². The van der Waals surface area contributed by atoms with Crippen molar-refractivity contribution >= 4 is 0 Å². The zero-order valence-corrected chi connectivity index (χ0v) is 9.54. The van der Waals surface area contributed by atoms with E-state index in [0.29, 0.717) is 0 Å². The summed E-state index contributed by atoms with van der Waals surface area (Å²) in [5.74, 6) is 2.69. The zero-order chi connectivity index (χ0) is 10.6. The Labute approximate surface area is 85.7 Å². The van der Waals surface area contributed by atoms with Crippen molar-refractivity contribution in [1.82, 2.24) is 20.1 Å². The van der Waals surface area contributed by atoms with Gasteiger partial charge in [0.15, 0.2) is 0 Å². The third-order valence-corrected chi connectivity index (χ3v) is 2.66. The molecule has 0 radical (unpaired) electrons. The summed E-state index contributed by atoms with van der Waals surface area (Å²) in [6.07, 6.45) is 1.21. The Morgan fingerprint density at radius 3 is 2.64 bits per heavy atom. The lowest BCUT2D eigenvalue weighted by atomic mass is 10.1. The summed E-state index contributed by atoms with van der Waals surface area (Å²) in [6.45, 7) is 8.27. The van der Waals surface area contributed by atoms with Crippen molar-refractivity contribution in [3.63, 3.8) is 0 Å². The quantitative estimate of drug-likeness (QED) is 0.771. The van der Waals surface area contributed by atoms with Gasteiger partial charge in [-0.25, -0.2) is 0 Å². The fourth-order valence-corrected chi connectivity index (χ4v) is 1.18. The summed E-state index contributed by atoms with van der Waals surface area (Å²) < 4.78 is 2.02. The molecular formula is C10H20N4. The Morgan fingerprint density at radius 2 is 2.14 bits per heavy atom. The van der Waals surface area contributed by atoms with Crippen LogP contribution in [0.2, 0.25) is 0 Å². The molecule has 14 heavy (non-hydrogen) atoms. The van der Waals surface area contributed by atoms with Crippen LogP contribution < -0.4 is 5.32 Å². The Morgan fingerprint density at radius 1 is 1.43 bits per heavy atom. The predicted octanol–water partition coefficient (Wildman–Crippen LogP) is 1.26. The van der Waals surface area contributed by atoms with Gasteiger partial charge in [0.1, 0.15) is 11.6 Å². The summed E-state index contributed by atoms with van der Waals surface area (Å²) in [6, 6.07) is 0. The largest absolute Gasteiger partial charge is 0.317 e. The van der Waals surface area contributed by atoms with Gasteiger partial charge in [-0.05, 0) is 19.4 Å². The lowest BCUT2D eigenvalue weighted by Crippen LogP contribution is -2.22. The molecule has 0 saturated carbocycles. The van der Waals surface area contributed by atoms with E-state index in [1.54, 1.807) is 0 Å². The predicted molar refractivity (Wildman–Crippen MR) is 56.9 cm³/mol. The number of hydrogen-bond donors (Lipinski definition) is 1. The monoisotopic (exact) mass is 196 g/mol. The van der Waals surface area contributed by atoms with Crippen LogP contribution in [0.3, 0.4) is 0 Å². The first-order chi connectivity index (χ1) is 6.65. The molecule has 0 fully saturated rings. The molecule has 0 amide bonds. The first-order valence-corrected chi connectivity index (χ1v) is 5.20. The van der Waals surface area contributed by atoms with Crippen LogP contribution in [0.25, 0.3) is 0 Å². The van der Waals surface area contributed by atoms with Gasteiger partial charge in [0.25, 0.3) is 0 Å². The van der Waals surface area contributed by atoms with Crippen LogP contribution in [0.5, 0.6) is 0 Å². The lowest BCUT2D eigenvalue weighted by Gasteiger charge is -2.09. The standard InChI is InChI=1S/C10H20N4/c1-5-8(2)6-11-7-10-13-12-9(3)14(10)4/h8,11H,5-7H2,1-4H3. The molecule has 4 heteroatoms. The topological polar surface area (TPSA) is 42.7 Å². The van der Waals surface area contributed by atoms with Crippen LogP contribution in [0.15, 0.2) is 0 Å². The molecule has 0 aliphatic heterocycles. The molecule has 0 aliphatic rings. The molecule has 80 valence electrons. The summed E-state index contributed by atoms with van der Waals surface area (Å²) in [5, 5.41) is 11.5. The summed E-state index contributed by atoms with van der Waals surface area (Å²) >= 11 is 0. The van der Waals surface area contributed by atoms with E-state index in [2.05, 4.69) is 29.4 Å². The van der Waals surface area contributed by atoms with E-state index < -0.39 is 0 Å². The molecule has 1 unspecified atom stereocenters. The number of aromatic nitrogens is 3. The first-order valence-electron chi connectivity index (χ1n) is 5.20. The summed E-state index contributed by atoms with van der Waals surface area (Å²) in [4.78, 5) is 0. The average molecular weight is 196 g/mol. The number of rotatable bonds is 5. The van der Waals surface area contributed by atoms with E-state index in [0.717, 1.165) is 30.7 Å². The summed E-state index contributed by atoms with van der Waals surface area (Å²) in [5.41, 5.74) is 0.